The van der Waals surface area contributed by atoms with Crippen molar-refractivity contribution in [3.8, 4) is 11.5 Å². The fraction of sp³-hybridized carbons (Fsp3) is 0. The van der Waals surface area contributed by atoms with E-state index in [0.717, 1.165) is 27.4 Å². The van der Waals surface area contributed by atoms with Crippen LogP contribution in [-0.4, -0.2) is 4.98 Å². The lowest BCUT2D eigenvalue weighted by Crippen LogP contribution is -1.76. The molecule has 2 heterocycles. The molecule has 0 aliphatic carbocycles. The summed E-state index contributed by atoms with van der Waals surface area (Å²) in [7, 11) is 0. The number of halogens is 1. The molecule has 0 N–H and O–H groups in total. The molecule has 5 aromatic rings. The summed E-state index contributed by atoms with van der Waals surface area (Å²) in [5.74, 6) is 0.578. The Hall–Kier alpha value is -2.78. The third-order valence-corrected chi connectivity index (χ3v) is 4.26. The summed E-state index contributed by atoms with van der Waals surface area (Å²) in [5, 5.41) is 2.41. The van der Waals surface area contributed by atoms with Crippen LogP contribution in [-0.2, 0) is 0 Å². The van der Waals surface area contributed by atoms with Crippen molar-refractivity contribution in [2.75, 3.05) is 0 Å². The van der Waals surface area contributed by atoms with Crippen LogP contribution in [0, 0.1) is 0 Å². The Morgan fingerprint density at radius 1 is 0.826 bits per heavy atom. The van der Waals surface area contributed by atoms with Crippen molar-refractivity contribution < 1.29 is 8.83 Å². The second kappa shape index (κ2) is 4.61. The molecule has 0 radical (unpaired) electrons. The Morgan fingerprint density at radius 2 is 1.61 bits per heavy atom. The quantitative estimate of drug-likeness (QED) is 0.377. The van der Waals surface area contributed by atoms with Gasteiger partial charge in [-0.3, -0.25) is 0 Å². The highest BCUT2D eigenvalue weighted by Crippen LogP contribution is 2.39. The largest absolute Gasteiger partial charge is 0.454 e. The van der Waals surface area contributed by atoms with Crippen LogP contribution in [0.5, 0.6) is 0 Å². The molecule has 0 unspecified atom stereocenters. The van der Waals surface area contributed by atoms with Crippen LogP contribution in [0.4, 0.5) is 0 Å². The van der Waals surface area contributed by atoms with Gasteiger partial charge in [0.1, 0.15) is 11.1 Å². The first kappa shape index (κ1) is 12.7. The van der Waals surface area contributed by atoms with E-state index in [-0.39, 0.29) is 0 Å². The number of aromatic nitrogens is 1. The molecule has 0 atom stereocenters. The molecular formula is C19H10ClNO2. The van der Waals surface area contributed by atoms with Crippen LogP contribution in [0.15, 0.2) is 69.5 Å². The second-order valence-electron chi connectivity index (χ2n) is 5.39. The summed E-state index contributed by atoms with van der Waals surface area (Å²) in [6, 6.07) is 19.4. The van der Waals surface area contributed by atoms with Gasteiger partial charge in [0.05, 0.1) is 10.4 Å². The van der Waals surface area contributed by atoms with E-state index in [9.17, 15) is 0 Å². The number of furan rings is 1. The van der Waals surface area contributed by atoms with E-state index in [4.69, 9.17) is 20.4 Å². The number of oxazole rings is 1. The fourth-order valence-corrected chi connectivity index (χ4v) is 3.17. The van der Waals surface area contributed by atoms with Crippen LogP contribution in [0.2, 0.25) is 5.02 Å². The Labute approximate surface area is 136 Å². The number of benzene rings is 3. The topological polar surface area (TPSA) is 39.2 Å². The van der Waals surface area contributed by atoms with E-state index in [1.807, 2.05) is 54.6 Å². The zero-order valence-corrected chi connectivity index (χ0v) is 12.7. The average Bonchev–Trinajstić information content (AvgIpc) is 3.17. The van der Waals surface area contributed by atoms with Gasteiger partial charge in [-0.2, -0.15) is 0 Å². The number of nitrogens with zero attached hydrogens (tertiary/aromatic N) is 1. The third-order valence-electron chi connectivity index (χ3n) is 3.98. The summed E-state index contributed by atoms with van der Waals surface area (Å²) in [4.78, 5) is 4.69. The predicted molar refractivity (Wildman–Crippen MR) is 91.7 cm³/mol. The number of hydrogen-bond acceptors (Lipinski definition) is 3. The van der Waals surface area contributed by atoms with E-state index >= 15 is 0 Å². The van der Waals surface area contributed by atoms with Gasteiger partial charge in [-0.05, 0) is 18.2 Å². The van der Waals surface area contributed by atoms with Crippen LogP contribution < -0.4 is 0 Å². The normalized spacial score (nSPS) is 11.7. The summed E-state index contributed by atoms with van der Waals surface area (Å²) >= 11 is 6.38. The highest BCUT2D eigenvalue weighted by molar-refractivity contribution is 6.38. The molecule has 0 bridgehead atoms. The van der Waals surface area contributed by atoms with E-state index in [1.54, 1.807) is 6.07 Å². The summed E-state index contributed by atoms with van der Waals surface area (Å²) in [5.41, 5.74) is 3.80. The van der Waals surface area contributed by atoms with Gasteiger partial charge in [0.2, 0.25) is 5.89 Å². The van der Waals surface area contributed by atoms with Gasteiger partial charge >= 0.3 is 0 Å². The minimum atomic E-state index is 0.527. The second-order valence-corrected chi connectivity index (χ2v) is 5.80. The van der Waals surface area contributed by atoms with Gasteiger partial charge in [0.25, 0.3) is 0 Å². The number of hydrogen-bond donors (Lipinski definition) is 0. The Kier molecular flexibility index (Phi) is 2.55. The molecule has 0 aliphatic rings. The summed E-state index contributed by atoms with van der Waals surface area (Å²) in [6.07, 6.45) is 0. The van der Waals surface area contributed by atoms with Crippen LogP contribution in [0.3, 0.4) is 0 Å². The minimum absolute atomic E-state index is 0.527. The van der Waals surface area contributed by atoms with Gasteiger partial charge < -0.3 is 8.83 Å². The molecule has 4 heteroatoms. The average molecular weight is 320 g/mol. The summed E-state index contributed by atoms with van der Waals surface area (Å²) in [6.45, 7) is 0. The molecule has 0 amide bonds. The maximum atomic E-state index is 6.38. The van der Waals surface area contributed by atoms with E-state index in [0.29, 0.717) is 22.1 Å². The molecule has 0 aliphatic heterocycles. The molecule has 3 nitrogen and oxygen atoms in total. The van der Waals surface area contributed by atoms with E-state index in [2.05, 4.69) is 4.98 Å². The first-order valence-corrected chi connectivity index (χ1v) is 7.65. The van der Waals surface area contributed by atoms with Crippen LogP contribution in [0.1, 0.15) is 0 Å². The van der Waals surface area contributed by atoms with Crippen molar-refractivity contribution in [2.24, 2.45) is 0 Å². The molecule has 0 spiro atoms. The predicted octanol–water partition coefficient (Wildman–Crippen LogP) is 6.05. The molecule has 110 valence electrons. The first-order valence-electron chi connectivity index (χ1n) is 7.27. The SMILES string of the molecule is Clc1cc2oc(-c3ccccc3)nc2c2c1oc1ccccc12. The molecule has 3 aromatic carbocycles. The maximum Gasteiger partial charge on any atom is 0.227 e. The maximum absolute atomic E-state index is 6.38. The molecule has 0 fully saturated rings. The third kappa shape index (κ3) is 1.80. The molecule has 23 heavy (non-hydrogen) atoms. The molecule has 5 rings (SSSR count). The van der Waals surface area contributed by atoms with Gasteiger partial charge in [0, 0.05) is 17.0 Å². The van der Waals surface area contributed by atoms with E-state index in [1.165, 1.54) is 0 Å². The molecule has 0 saturated carbocycles. The van der Waals surface area contributed by atoms with Crippen molar-refractivity contribution in [2.45, 2.75) is 0 Å². The van der Waals surface area contributed by atoms with Gasteiger partial charge in [-0.15, -0.1) is 0 Å². The minimum Gasteiger partial charge on any atom is -0.454 e. The van der Waals surface area contributed by atoms with Gasteiger partial charge in [0.15, 0.2) is 11.2 Å². The fourth-order valence-electron chi connectivity index (χ4n) is 2.94. The number of para-hydroxylation sites is 1. The molecule has 2 aromatic heterocycles. The van der Waals surface area contributed by atoms with Crippen molar-refractivity contribution in [1.29, 1.82) is 0 Å². The molecule has 0 saturated heterocycles. The zero-order chi connectivity index (χ0) is 15.4. The highest BCUT2D eigenvalue weighted by atomic mass is 35.5. The number of fused-ring (bicyclic) bond motifs is 5. The van der Waals surface area contributed by atoms with Crippen molar-refractivity contribution in [1.82, 2.24) is 4.98 Å². The Balaban J connectivity index is 1.94. The van der Waals surface area contributed by atoms with Gasteiger partial charge in [-0.25, -0.2) is 4.98 Å². The lowest BCUT2D eigenvalue weighted by atomic mass is 10.1. The lowest BCUT2D eigenvalue weighted by molar-refractivity contribution is 0.619. The lowest BCUT2D eigenvalue weighted by Gasteiger charge is -1.93. The van der Waals surface area contributed by atoms with Crippen molar-refractivity contribution >= 4 is 44.6 Å². The standard InChI is InChI=1S/C19H10ClNO2/c20-13-10-15-17(21-19(23-15)11-6-2-1-3-7-11)16-12-8-4-5-9-14(12)22-18(13)16/h1-10H. The van der Waals surface area contributed by atoms with Crippen LogP contribution >= 0.6 is 11.6 Å². The van der Waals surface area contributed by atoms with Crippen LogP contribution in [0.25, 0.3) is 44.5 Å². The smallest absolute Gasteiger partial charge is 0.227 e. The first-order chi connectivity index (χ1) is 11.3. The number of rotatable bonds is 1. The molecular weight excluding hydrogens is 310 g/mol. The Morgan fingerprint density at radius 3 is 2.48 bits per heavy atom. The Bertz CT molecular complexity index is 1170. The van der Waals surface area contributed by atoms with Crippen molar-refractivity contribution in [3.63, 3.8) is 0 Å². The summed E-state index contributed by atoms with van der Waals surface area (Å²) < 4.78 is 11.8. The monoisotopic (exact) mass is 319 g/mol. The van der Waals surface area contributed by atoms with Crippen molar-refractivity contribution in [3.05, 3.63) is 65.7 Å². The zero-order valence-electron chi connectivity index (χ0n) is 11.9. The van der Waals surface area contributed by atoms with E-state index < -0.39 is 0 Å². The highest BCUT2D eigenvalue weighted by Gasteiger charge is 2.18. The van der Waals surface area contributed by atoms with Gasteiger partial charge in [-0.1, -0.05) is 48.0 Å².